The minimum absolute atomic E-state index is 0.259. The van der Waals surface area contributed by atoms with Crippen LogP contribution in [0.1, 0.15) is 11.7 Å². The van der Waals surface area contributed by atoms with Crippen LogP contribution in [0.2, 0.25) is 0 Å². The van der Waals surface area contributed by atoms with E-state index >= 15 is 0 Å². The van der Waals surface area contributed by atoms with Gasteiger partial charge in [-0.05, 0) is 6.07 Å². The molecule has 0 aromatic carbocycles. The van der Waals surface area contributed by atoms with Crippen molar-refractivity contribution in [1.82, 2.24) is 10.3 Å². The molecule has 0 aliphatic heterocycles. The first-order valence-corrected chi connectivity index (χ1v) is 4.60. The zero-order chi connectivity index (χ0) is 11.3. The highest BCUT2D eigenvalue weighted by Crippen LogP contribution is 2.18. The van der Waals surface area contributed by atoms with Gasteiger partial charge in [-0.3, -0.25) is 9.78 Å². The van der Waals surface area contributed by atoms with E-state index in [0.717, 1.165) is 5.56 Å². The van der Waals surface area contributed by atoms with E-state index < -0.39 is 12.1 Å². The third-order valence-corrected chi connectivity index (χ3v) is 2.14. The van der Waals surface area contributed by atoms with Crippen LogP contribution in [0.4, 0.5) is 0 Å². The van der Waals surface area contributed by atoms with E-state index in [-0.39, 0.29) is 5.91 Å². The first-order valence-electron chi connectivity index (χ1n) is 4.60. The Morgan fingerprint density at radius 3 is 2.87 bits per heavy atom. The number of nitrogens with two attached hydrogens (primary N) is 1. The molecule has 1 aromatic rings. The Kier molecular flexibility index (Phi) is 4.20. The van der Waals surface area contributed by atoms with Crippen molar-refractivity contribution in [3.63, 3.8) is 0 Å². The van der Waals surface area contributed by atoms with Gasteiger partial charge in [0.2, 0.25) is 5.91 Å². The number of amides is 1. The summed E-state index contributed by atoms with van der Waals surface area (Å²) in [5.74, 6) is -0.259. The normalized spacial score (nSPS) is 14.3. The zero-order valence-corrected chi connectivity index (χ0v) is 8.81. The molecule has 0 saturated carbocycles. The number of methoxy groups -OCH3 is 1. The Morgan fingerprint density at radius 1 is 1.67 bits per heavy atom. The fourth-order valence-electron chi connectivity index (χ4n) is 1.34. The van der Waals surface area contributed by atoms with E-state index in [0.29, 0.717) is 0 Å². The number of carbonyl (C=O) groups excluding carboxylic acids is 1. The van der Waals surface area contributed by atoms with Gasteiger partial charge >= 0.3 is 0 Å². The van der Waals surface area contributed by atoms with Gasteiger partial charge in [0.1, 0.15) is 12.1 Å². The van der Waals surface area contributed by atoms with Crippen LogP contribution in [0.3, 0.4) is 0 Å². The predicted molar refractivity (Wildman–Crippen MR) is 56.0 cm³/mol. The number of aromatic nitrogens is 1. The molecule has 3 N–H and O–H groups in total. The minimum Gasteiger partial charge on any atom is -0.375 e. The Morgan fingerprint density at radius 2 is 2.40 bits per heavy atom. The molecular weight excluding hydrogens is 194 g/mol. The van der Waals surface area contributed by atoms with Gasteiger partial charge in [0.05, 0.1) is 0 Å². The van der Waals surface area contributed by atoms with Gasteiger partial charge in [-0.1, -0.05) is 6.07 Å². The number of carbonyl (C=O) groups is 1. The fraction of sp³-hybridized carbons (Fsp3) is 0.400. The van der Waals surface area contributed by atoms with Gasteiger partial charge in [-0.15, -0.1) is 0 Å². The van der Waals surface area contributed by atoms with Crippen LogP contribution < -0.4 is 11.1 Å². The van der Waals surface area contributed by atoms with Crippen LogP contribution in [0.5, 0.6) is 0 Å². The molecule has 0 fully saturated rings. The molecule has 2 atom stereocenters. The second-order valence-electron chi connectivity index (χ2n) is 3.08. The number of nitrogens with zero attached hydrogens (tertiary/aromatic N) is 1. The van der Waals surface area contributed by atoms with Crippen LogP contribution in [0.25, 0.3) is 0 Å². The molecule has 1 amide bonds. The van der Waals surface area contributed by atoms with Crippen molar-refractivity contribution < 1.29 is 9.53 Å². The molecule has 5 nitrogen and oxygen atoms in total. The van der Waals surface area contributed by atoms with E-state index in [4.69, 9.17) is 10.5 Å². The van der Waals surface area contributed by atoms with Gasteiger partial charge in [0, 0.05) is 32.1 Å². The third kappa shape index (κ3) is 2.74. The maximum atomic E-state index is 11.3. The quantitative estimate of drug-likeness (QED) is 0.722. The molecule has 0 radical (unpaired) electrons. The summed E-state index contributed by atoms with van der Waals surface area (Å²) in [6.07, 6.45) is 2.82. The summed E-state index contributed by atoms with van der Waals surface area (Å²) in [4.78, 5) is 15.3. The lowest BCUT2D eigenvalue weighted by atomic mass is 10.0. The SMILES string of the molecule is CNC(=O)C(N)C(OC)c1cccnc1. The Hall–Kier alpha value is -1.46. The predicted octanol–water partition coefficient (Wildman–Crippen LogP) is -0.158. The summed E-state index contributed by atoms with van der Waals surface area (Å²) in [5, 5.41) is 2.48. The monoisotopic (exact) mass is 209 g/mol. The fourth-order valence-corrected chi connectivity index (χ4v) is 1.34. The molecular formula is C10H15N3O2. The molecule has 1 heterocycles. The number of pyridine rings is 1. The largest absolute Gasteiger partial charge is 0.375 e. The topological polar surface area (TPSA) is 77.2 Å². The Labute approximate surface area is 88.6 Å². The summed E-state index contributed by atoms with van der Waals surface area (Å²) in [6, 6.07) is 2.87. The summed E-state index contributed by atoms with van der Waals surface area (Å²) in [6.45, 7) is 0. The van der Waals surface area contributed by atoms with E-state index in [9.17, 15) is 4.79 Å². The summed E-state index contributed by atoms with van der Waals surface area (Å²) >= 11 is 0. The van der Waals surface area contributed by atoms with E-state index in [1.165, 1.54) is 14.2 Å². The van der Waals surface area contributed by atoms with Gasteiger partial charge in [0.15, 0.2) is 0 Å². The van der Waals surface area contributed by atoms with Crippen molar-refractivity contribution in [2.45, 2.75) is 12.1 Å². The minimum atomic E-state index is -0.732. The van der Waals surface area contributed by atoms with E-state index in [1.54, 1.807) is 18.5 Å². The van der Waals surface area contributed by atoms with Crippen molar-refractivity contribution in [2.75, 3.05) is 14.2 Å². The molecule has 0 spiro atoms. The van der Waals surface area contributed by atoms with Crippen molar-refractivity contribution in [3.05, 3.63) is 30.1 Å². The van der Waals surface area contributed by atoms with Crippen LogP contribution in [-0.2, 0) is 9.53 Å². The average molecular weight is 209 g/mol. The molecule has 82 valence electrons. The zero-order valence-electron chi connectivity index (χ0n) is 8.81. The lowest BCUT2D eigenvalue weighted by Crippen LogP contribution is -2.43. The van der Waals surface area contributed by atoms with Crippen LogP contribution in [0, 0.1) is 0 Å². The summed E-state index contributed by atoms with van der Waals surface area (Å²) in [5.41, 5.74) is 6.54. The van der Waals surface area contributed by atoms with Crippen molar-refractivity contribution in [1.29, 1.82) is 0 Å². The van der Waals surface area contributed by atoms with Crippen molar-refractivity contribution in [3.8, 4) is 0 Å². The Balaban J connectivity index is 2.85. The van der Waals surface area contributed by atoms with Gasteiger partial charge in [-0.2, -0.15) is 0 Å². The molecule has 1 rings (SSSR count). The summed E-state index contributed by atoms with van der Waals surface area (Å²) in [7, 11) is 3.05. The second kappa shape index (κ2) is 5.43. The van der Waals surface area contributed by atoms with Crippen LogP contribution in [0.15, 0.2) is 24.5 Å². The molecule has 0 saturated heterocycles. The van der Waals surface area contributed by atoms with Crippen LogP contribution in [-0.4, -0.2) is 31.1 Å². The molecule has 2 unspecified atom stereocenters. The number of ether oxygens (including phenoxy) is 1. The standard InChI is InChI=1S/C10H15N3O2/c1-12-10(14)8(11)9(15-2)7-4-3-5-13-6-7/h3-6,8-9H,11H2,1-2H3,(H,12,14). The smallest absolute Gasteiger partial charge is 0.239 e. The maximum absolute atomic E-state index is 11.3. The molecule has 0 aliphatic carbocycles. The molecule has 1 aromatic heterocycles. The highest BCUT2D eigenvalue weighted by atomic mass is 16.5. The second-order valence-corrected chi connectivity index (χ2v) is 3.08. The van der Waals surface area contributed by atoms with E-state index in [2.05, 4.69) is 10.3 Å². The third-order valence-electron chi connectivity index (χ3n) is 2.14. The van der Waals surface area contributed by atoms with Crippen molar-refractivity contribution >= 4 is 5.91 Å². The lowest BCUT2D eigenvalue weighted by molar-refractivity contribution is -0.125. The summed E-state index contributed by atoms with van der Waals surface area (Å²) < 4.78 is 5.20. The van der Waals surface area contributed by atoms with E-state index in [1.807, 2.05) is 6.07 Å². The van der Waals surface area contributed by atoms with Gasteiger partial charge in [-0.25, -0.2) is 0 Å². The number of hydrogen-bond donors (Lipinski definition) is 2. The van der Waals surface area contributed by atoms with Gasteiger partial charge < -0.3 is 15.8 Å². The molecule has 0 bridgehead atoms. The molecule has 0 aliphatic rings. The highest BCUT2D eigenvalue weighted by molar-refractivity contribution is 5.82. The molecule has 15 heavy (non-hydrogen) atoms. The average Bonchev–Trinajstić information content (AvgIpc) is 2.30. The number of likely N-dealkylation sites (N-methyl/N-ethyl adjacent to an activating group) is 1. The van der Waals surface area contributed by atoms with Crippen molar-refractivity contribution in [2.24, 2.45) is 5.73 Å². The maximum Gasteiger partial charge on any atom is 0.239 e. The first kappa shape index (κ1) is 11.6. The highest BCUT2D eigenvalue weighted by Gasteiger charge is 2.25. The lowest BCUT2D eigenvalue weighted by Gasteiger charge is -2.21. The number of hydrogen-bond acceptors (Lipinski definition) is 4. The van der Waals surface area contributed by atoms with Crippen LogP contribution >= 0.6 is 0 Å². The number of rotatable bonds is 4. The number of nitrogens with one attached hydrogen (secondary N) is 1. The molecule has 5 heteroatoms. The first-order chi connectivity index (χ1) is 7.20. The Bertz CT molecular complexity index is 316. The van der Waals surface area contributed by atoms with Gasteiger partial charge in [0.25, 0.3) is 0 Å².